The predicted octanol–water partition coefficient (Wildman–Crippen LogP) is 4.56. The highest BCUT2D eigenvalue weighted by atomic mass is 19.1. The molecule has 2 saturated heterocycles. The highest BCUT2D eigenvalue weighted by Gasteiger charge is 2.45. The number of piperidine rings is 1. The van der Waals surface area contributed by atoms with Gasteiger partial charge in [0.2, 0.25) is 5.91 Å². The van der Waals surface area contributed by atoms with Gasteiger partial charge in [-0.2, -0.15) is 0 Å². The second kappa shape index (κ2) is 8.14. The van der Waals surface area contributed by atoms with E-state index in [1.54, 1.807) is 24.3 Å². The highest BCUT2D eigenvalue weighted by molar-refractivity contribution is 5.84. The minimum atomic E-state index is -1.02. The van der Waals surface area contributed by atoms with Crippen molar-refractivity contribution in [2.75, 3.05) is 19.6 Å². The fourth-order valence-electron chi connectivity index (χ4n) is 5.30. The molecule has 1 aromatic carbocycles. The number of carbonyl (C=O) groups excluding carboxylic acids is 1. The molecule has 0 spiro atoms. The fraction of sp³-hybridized carbons (Fsp3) is 0.542. The quantitative estimate of drug-likeness (QED) is 0.783. The van der Waals surface area contributed by atoms with Crippen LogP contribution in [0.1, 0.15) is 44.7 Å². The van der Waals surface area contributed by atoms with Crippen LogP contribution in [-0.2, 0) is 4.79 Å². The molecule has 2 fully saturated rings. The summed E-state index contributed by atoms with van der Waals surface area (Å²) in [5.41, 5.74) is 0.599. The Hall–Kier alpha value is -2.21. The number of nitrogens with zero attached hydrogens (tertiary/aromatic N) is 2. The van der Waals surface area contributed by atoms with Gasteiger partial charge in [-0.05, 0) is 68.0 Å². The number of hydrogen-bond donors (Lipinski definition) is 1. The van der Waals surface area contributed by atoms with E-state index in [1.165, 1.54) is 12.1 Å². The molecule has 0 saturated carbocycles. The predicted molar refractivity (Wildman–Crippen MR) is 112 cm³/mol. The van der Waals surface area contributed by atoms with Gasteiger partial charge in [0.15, 0.2) is 0 Å². The van der Waals surface area contributed by atoms with Gasteiger partial charge in [-0.15, -0.1) is 0 Å². The van der Waals surface area contributed by atoms with E-state index >= 15 is 4.39 Å². The third kappa shape index (κ3) is 3.89. The first-order valence-corrected chi connectivity index (χ1v) is 10.8. The Kier molecular flexibility index (Phi) is 5.71. The number of benzene rings is 1. The number of rotatable bonds is 4. The normalized spacial score (nSPS) is 33.6. The Labute approximate surface area is 176 Å². The Morgan fingerprint density at radius 3 is 2.57 bits per heavy atom. The summed E-state index contributed by atoms with van der Waals surface area (Å²) in [6, 6.07) is 5.84. The lowest BCUT2D eigenvalue weighted by molar-refractivity contribution is -0.135. The second-order valence-corrected chi connectivity index (χ2v) is 9.14. The fourth-order valence-corrected chi connectivity index (χ4v) is 5.30. The van der Waals surface area contributed by atoms with Crippen molar-refractivity contribution in [2.45, 2.75) is 51.4 Å². The van der Waals surface area contributed by atoms with Gasteiger partial charge in [0.25, 0.3) is 0 Å². The number of alkyl halides is 1. The molecular weight excluding hydrogens is 386 g/mol. The number of hydrogen-bond acceptors (Lipinski definition) is 3. The van der Waals surface area contributed by atoms with Crippen molar-refractivity contribution in [1.29, 1.82) is 0 Å². The molecule has 4 nitrogen and oxygen atoms in total. The van der Waals surface area contributed by atoms with E-state index in [9.17, 15) is 14.3 Å². The molecule has 1 aromatic rings. The van der Waals surface area contributed by atoms with Crippen molar-refractivity contribution in [1.82, 2.24) is 9.80 Å². The van der Waals surface area contributed by atoms with Crippen LogP contribution < -0.4 is 0 Å². The maximum atomic E-state index is 15.2. The van der Waals surface area contributed by atoms with Crippen molar-refractivity contribution in [3.8, 4) is 0 Å². The molecule has 30 heavy (non-hydrogen) atoms. The van der Waals surface area contributed by atoms with E-state index in [2.05, 4.69) is 0 Å². The van der Waals surface area contributed by atoms with Crippen molar-refractivity contribution in [3.05, 3.63) is 59.6 Å². The molecule has 1 unspecified atom stereocenters. The number of halogens is 2. The zero-order valence-electron chi connectivity index (χ0n) is 17.6. The molecule has 0 bridgehead atoms. The van der Waals surface area contributed by atoms with Crippen LogP contribution in [0.25, 0.3) is 0 Å². The van der Waals surface area contributed by atoms with Crippen molar-refractivity contribution in [2.24, 2.45) is 11.3 Å². The molecule has 2 heterocycles. The molecule has 0 aromatic heterocycles. The topological polar surface area (TPSA) is 43.8 Å². The largest absolute Gasteiger partial charge is 0.508 e. The summed E-state index contributed by atoms with van der Waals surface area (Å²) in [5.74, 6) is -0.137. The van der Waals surface area contributed by atoms with E-state index in [0.717, 1.165) is 5.56 Å². The molecular formula is C24H30F2N2O2. The van der Waals surface area contributed by atoms with Crippen LogP contribution >= 0.6 is 0 Å². The minimum absolute atomic E-state index is 0.0362. The first-order chi connectivity index (χ1) is 14.3. The Morgan fingerprint density at radius 2 is 1.93 bits per heavy atom. The Morgan fingerprint density at radius 1 is 1.20 bits per heavy atom. The molecule has 2 aliphatic heterocycles. The molecule has 4 rings (SSSR count). The summed E-state index contributed by atoms with van der Waals surface area (Å²) >= 11 is 0. The number of likely N-dealkylation sites (tertiary alicyclic amines) is 2. The summed E-state index contributed by atoms with van der Waals surface area (Å²) in [5, 5.41) is 9.60. The number of aliphatic hydroxyl groups is 1. The molecule has 6 heteroatoms. The SMILES string of the molecule is C[C@@H](c1ccc(F)cc1)N1CC[C@H](N2CC[C@@H](C3(C)C=CC(O)=CC3)[C@H](F)C2)C1=O. The van der Waals surface area contributed by atoms with E-state index in [1.807, 2.05) is 29.7 Å². The van der Waals surface area contributed by atoms with Gasteiger partial charge < -0.3 is 10.0 Å². The first-order valence-electron chi connectivity index (χ1n) is 10.8. The summed E-state index contributed by atoms with van der Waals surface area (Å²) < 4.78 is 28.5. The van der Waals surface area contributed by atoms with Crippen LogP contribution in [0.15, 0.2) is 48.3 Å². The van der Waals surface area contributed by atoms with Crippen molar-refractivity contribution in [3.63, 3.8) is 0 Å². The average molecular weight is 417 g/mol. The molecule has 162 valence electrons. The minimum Gasteiger partial charge on any atom is -0.508 e. The number of allylic oxidation sites excluding steroid dienone is 3. The van der Waals surface area contributed by atoms with Gasteiger partial charge in [-0.1, -0.05) is 25.1 Å². The van der Waals surface area contributed by atoms with E-state index in [-0.39, 0.29) is 47.4 Å². The molecule has 1 amide bonds. The molecule has 0 radical (unpaired) electrons. The summed E-state index contributed by atoms with van der Waals surface area (Å²) in [6.07, 6.45) is 6.35. The zero-order valence-corrected chi connectivity index (χ0v) is 17.6. The van der Waals surface area contributed by atoms with Gasteiger partial charge in [0.1, 0.15) is 17.7 Å². The van der Waals surface area contributed by atoms with Gasteiger partial charge in [0.05, 0.1) is 12.1 Å². The van der Waals surface area contributed by atoms with Gasteiger partial charge in [-0.3, -0.25) is 9.69 Å². The van der Waals surface area contributed by atoms with Crippen molar-refractivity contribution < 1.29 is 18.7 Å². The standard InChI is InChI=1S/C24H30F2N2O2/c1-16(17-3-5-18(25)6-4-17)28-14-10-22(23(28)30)27-13-9-20(21(26)15-27)24(2)11-7-19(29)8-12-24/h3-8,11,16,20-22,29H,9-10,12-15H2,1-2H3/t16-,20+,21+,22-,24?/m0/s1. The lowest BCUT2D eigenvalue weighted by Gasteiger charge is -2.45. The van der Waals surface area contributed by atoms with Gasteiger partial charge in [-0.25, -0.2) is 8.78 Å². The first kappa shape index (κ1) is 21.0. The van der Waals surface area contributed by atoms with Crippen LogP contribution in [0, 0.1) is 17.2 Å². The smallest absolute Gasteiger partial charge is 0.240 e. The van der Waals surface area contributed by atoms with E-state index in [4.69, 9.17) is 0 Å². The Balaban J connectivity index is 1.40. The molecule has 5 atom stereocenters. The highest BCUT2D eigenvalue weighted by Crippen LogP contribution is 2.44. The summed E-state index contributed by atoms with van der Waals surface area (Å²) in [4.78, 5) is 16.9. The van der Waals surface area contributed by atoms with Crippen molar-refractivity contribution >= 4 is 5.91 Å². The maximum absolute atomic E-state index is 15.2. The average Bonchev–Trinajstić information content (AvgIpc) is 3.11. The molecule has 3 aliphatic rings. The number of aliphatic hydroxyl groups excluding tert-OH is 1. The lowest BCUT2D eigenvalue weighted by Crippen LogP contribution is -2.52. The summed E-state index contributed by atoms with van der Waals surface area (Å²) in [7, 11) is 0. The monoisotopic (exact) mass is 416 g/mol. The van der Waals surface area contributed by atoms with Crippen LogP contribution in [0.2, 0.25) is 0 Å². The number of carbonyl (C=O) groups is 1. The van der Waals surface area contributed by atoms with Gasteiger partial charge in [0, 0.05) is 19.0 Å². The summed E-state index contributed by atoms with van der Waals surface area (Å²) in [6.45, 7) is 5.59. The van der Waals surface area contributed by atoms with E-state index in [0.29, 0.717) is 32.4 Å². The van der Waals surface area contributed by atoms with Gasteiger partial charge >= 0.3 is 0 Å². The third-order valence-corrected chi connectivity index (χ3v) is 7.28. The van der Waals surface area contributed by atoms with Crippen LogP contribution in [0.3, 0.4) is 0 Å². The molecule has 1 N–H and O–H groups in total. The molecule has 1 aliphatic carbocycles. The lowest BCUT2D eigenvalue weighted by atomic mass is 9.68. The Bertz CT molecular complexity index is 853. The van der Waals surface area contributed by atoms with E-state index < -0.39 is 6.17 Å². The van der Waals surface area contributed by atoms with Crippen LogP contribution in [-0.4, -0.2) is 52.7 Å². The number of amides is 1. The van der Waals surface area contributed by atoms with Crippen LogP contribution in [0.4, 0.5) is 8.78 Å². The second-order valence-electron chi connectivity index (χ2n) is 9.14. The zero-order chi connectivity index (χ0) is 21.5. The third-order valence-electron chi connectivity index (χ3n) is 7.28. The maximum Gasteiger partial charge on any atom is 0.240 e. The van der Waals surface area contributed by atoms with Crippen LogP contribution in [0.5, 0.6) is 0 Å².